The summed E-state index contributed by atoms with van der Waals surface area (Å²) in [7, 11) is 1.12. The summed E-state index contributed by atoms with van der Waals surface area (Å²) in [4.78, 5) is 10.7. The van der Waals surface area contributed by atoms with Crippen molar-refractivity contribution in [2.75, 3.05) is 7.11 Å². The van der Waals surface area contributed by atoms with Crippen LogP contribution in [0, 0.1) is 11.8 Å². The van der Waals surface area contributed by atoms with Gasteiger partial charge in [0.2, 0.25) is 0 Å². The predicted molar refractivity (Wildman–Crippen MR) is 56.9 cm³/mol. The molecule has 0 saturated heterocycles. The number of carbonyl (C=O) groups excluding carboxylic acids is 1. The fourth-order valence-corrected chi connectivity index (χ4v) is 1.01. The van der Waals surface area contributed by atoms with Crippen LogP contribution in [0.15, 0.2) is 24.3 Å². The summed E-state index contributed by atoms with van der Waals surface area (Å²) in [5, 5.41) is 0. The van der Waals surface area contributed by atoms with Crippen molar-refractivity contribution in [2.45, 2.75) is 12.5 Å². The van der Waals surface area contributed by atoms with E-state index in [0.717, 1.165) is 19.2 Å². The molecule has 0 amide bonds. The number of esters is 1. The predicted octanol–water partition coefficient (Wildman–Crippen LogP) is 2.45. The van der Waals surface area contributed by atoms with Crippen LogP contribution in [0.2, 0.25) is 0 Å². The van der Waals surface area contributed by atoms with Gasteiger partial charge < -0.3 is 9.47 Å². The Morgan fingerprint density at radius 1 is 1.37 bits per heavy atom. The first kappa shape index (κ1) is 14.8. The third kappa shape index (κ3) is 4.50. The van der Waals surface area contributed by atoms with Gasteiger partial charge in [0.05, 0.1) is 7.11 Å². The molecular weight excluding hydrogens is 268 g/mol. The van der Waals surface area contributed by atoms with E-state index in [1.54, 1.807) is 0 Å². The molecule has 1 aromatic rings. The van der Waals surface area contributed by atoms with E-state index in [4.69, 9.17) is 0 Å². The van der Waals surface area contributed by atoms with Gasteiger partial charge in [-0.3, -0.25) is 0 Å². The van der Waals surface area contributed by atoms with Crippen molar-refractivity contribution in [2.24, 2.45) is 0 Å². The molecule has 0 saturated carbocycles. The number of ether oxygens (including phenoxy) is 2. The molecule has 0 unspecified atom stereocenters. The maximum Gasteiger partial charge on any atom is 0.461 e. The second kappa shape index (κ2) is 6.09. The maximum atomic E-state index is 12.7. The van der Waals surface area contributed by atoms with E-state index in [-0.39, 0.29) is 5.56 Å². The Morgan fingerprint density at radius 2 is 2.05 bits per heavy atom. The zero-order chi connectivity index (χ0) is 14.5. The number of hydrogen-bond donors (Lipinski definition) is 0. The van der Waals surface area contributed by atoms with Crippen molar-refractivity contribution >= 4 is 5.97 Å². The van der Waals surface area contributed by atoms with E-state index >= 15 is 0 Å². The highest BCUT2D eigenvalue weighted by atomic mass is 19.3. The van der Waals surface area contributed by atoms with Crippen LogP contribution in [0.25, 0.3) is 0 Å². The number of benzene rings is 1. The Balaban J connectivity index is 2.88. The fraction of sp³-hybridized carbons (Fsp3) is 0.250. The maximum absolute atomic E-state index is 12.7. The summed E-state index contributed by atoms with van der Waals surface area (Å²) in [6.45, 7) is 0. The minimum Gasteiger partial charge on any atom is -0.459 e. The molecule has 19 heavy (non-hydrogen) atoms. The average molecular weight is 276 g/mol. The molecule has 0 heterocycles. The van der Waals surface area contributed by atoms with Gasteiger partial charge >= 0.3 is 18.5 Å². The second-order valence-corrected chi connectivity index (χ2v) is 3.23. The first-order chi connectivity index (χ1) is 8.85. The molecule has 3 nitrogen and oxygen atoms in total. The molecule has 0 spiro atoms. The molecule has 0 bridgehead atoms. The van der Waals surface area contributed by atoms with Gasteiger partial charge in [0.25, 0.3) is 0 Å². The van der Waals surface area contributed by atoms with Crippen LogP contribution in [0.1, 0.15) is 5.56 Å². The molecule has 0 atom stereocenters. The van der Waals surface area contributed by atoms with Crippen LogP contribution >= 0.6 is 0 Å². The van der Waals surface area contributed by atoms with E-state index in [9.17, 15) is 22.4 Å². The summed E-state index contributed by atoms with van der Waals surface area (Å²) >= 11 is 0. The topological polar surface area (TPSA) is 35.5 Å². The smallest absolute Gasteiger partial charge is 0.459 e. The quantitative estimate of drug-likeness (QED) is 0.483. The molecule has 1 rings (SSSR count). The lowest BCUT2D eigenvalue weighted by atomic mass is 10.2. The zero-order valence-corrected chi connectivity index (χ0v) is 9.62. The van der Waals surface area contributed by atoms with Crippen molar-refractivity contribution in [3.05, 3.63) is 29.8 Å². The molecule has 0 aliphatic carbocycles. The number of rotatable bonds is 3. The molecule has 0 N–H and O–H groups in total. The zero-order valence-electron chi connectivity index (χ0n) is 9.62. The number of hydrogen-bond acceptors (Lipinski definition) is 3. The Labute approximate surface area is 106 Å². The second-order valence-electron chi connectivity index (χ2n) is 3.23. The van der Waals surface area contributed by atoms with Crippen LogP contribution < -0.4 is 4.74 Å². The van der Waals surface area contributed by atoms with Gasteiger partial charge in [-0.05, 0) is 18.2 Å². The van der Waals surface area contributed by atoms with Crippen LogP contribution in [-0.2, 0) is 9.53 Å². The van der Waals surface area contributed by atoms with Crippen molar-refractivity contribution in [3.63, 3.8) is 0 Å². The van der Waals surface area contributed by atoms with Crippen molar-refractivity contribution in [3.8, 4) is 17.6 Å². The molecule has 0 radical (unpaired) electrons. The van der Waals surface area contributed by atoms with E-state index < -0.39 is 24.3 Å². The van der Waals surface area contributed by atoms with Gasteiger partial charge in [-0.1, -0.05) is 12.0 Å². The number of alkyl halides is 4. The van der Waals surface area contributed by atoms with Gasteiger partial charge in [0, 0.05) is 11.5 Å². The van der Waals surface area contributed by atoms with Gasteiger partial charge in [-0.25, -0.2) is 4.79 Å². The molecule has 0 fully saturated rings. The minimum absolute atomic E-state index is 0.146. The summed E-state index contributed by atoms with van der Waals surface area (Å²) in [5.41, 5.74) is 0.146. The third-order valence-electron chi connectivity index (χ3n) is 1.84. The van der Waals surface area contributed by atoms with Crippen LogP contribution in [0.4, 0.5) is 17.6 Å². The number of carbonyl (C=O) groups is 1. The van der Waals surface area contributed by atoms with E-state index in [2.05, 4.69) is 21.3 Å². The SMILES string of the molecule is COC(=O)C#Cc1cccc(OC(F)(F)C(F)F)c1. The molecule has 0 aliphatic rings. The lowest BCUT2D eigenvalue weighted by Crippen LogP contribution is -2.33. The number of methoxy groups -OCH3 is 1. The van der Waals surface area contributed by atoms with Crippen molar-refractivity contribution in [1.82, 2.24) is 0 Å². The van der Waals surface area contributed by atoms with Crippen molar-refractivity contribution in [1.29, 1.82) is 0 Å². The van der Waals surface area contributed by atoms with Crippen LogP contribution in [0.5, 0.6) is 5.75 Å². The fourth-order valence-electron chi connectivity index (χ4n) is 1.01. The van der Waals surface area contributed by atoms with E-state index in [0.29, 0.717) is 0 Å². The van der Waals surface area contributed by atoms with Crippen LogP contribution in [0.3, 0.4) is 0 Å². The highest BCUT2D eigenvalue weighted by molar-refractivity contribution is 5.89. The molecule has 102 valence electrons. The molecule has 0 aliphatic heterocycles. The first-order valence-electron chi connectivity index (χ1n) is 4.90. The van der Waals surface area contributed by atoms with Crippen LogP contribution in [-0.4, -0.2) is 25.6 Å². The van der Waals surface area contributed by atoms with Gasteiger partial charge in [0.15, 0.2) is 0 Å². The number of halogens is 4. The lowest BCUT2D eigenvalue weighted by molar-refractivity contribution is -0.253. The molecule has 1 aromatic carbocycles. The van der Waals surface area contributed by atoms with E-state index in [1.807, 2.05) is 0 Å². The van der Waals surface area contributed by atoms with Crippen molar-refractivity contribution < 1.29 is 31.8 Å². The highest BCUT2D eigenvalue weighted by Crippen LogP contribution is 2.27. The minimum atomic E-state index is -4.59. The first-order valence-corrected chi connectivity index (χ1v) is 4.90. The van der Waals surface area contributed by atoms with E-state index in [1.165, 1.54) is 12.1 Å². The van der Waals surface area contributed by atoms with Gasteiger partial charge in [-0.2, -0.15) is 17.6 Å². The molecule has 0 aromatic heterocycles. The van der Waals surface area contributed by atoms with Gasteiger partial charge in [-0.15, -0.1) is 0 Å². The normalized spacial score (nSPS) is 10.6. The monoisotopic (exact) mass is 276 g/mol. The Hall–Kier alpha value is -2.23. The third-order valence-corrected chi connectivity index (χ3v) is 1.84. The average Bonchev–Trinajstić information content (AvgIpc) is 2.35. The standard InChI is InChI=1S/C12H8F4O3/c1-18-10(17)6-5-8-3-2-4-9(7-8)19-12(15,16)11(13)14/h2-4,7,11H,1H3. The Morgan fingerprint density at radius 3 is 2.63 bits per heavy atom. The summed E-state index contributed by atoms with van der Waals surface area (Å²) in [5.74, 6) is 3.07. The molecule has 7 heteroatoms. The Kier molecular flexibility index (Phi) is 4.75. The summed E-state index contributed by atoms with van der Waals surface area (Å²) < 4.78 is 57.3. The Bertz CT molecular complexity index is 517. The largest absolute Gasteiger partial charge is 0.461 e. The summed E-state index contributed by atoms with van der Waals surface area (Å²) in [6.07, 6.45) is -8.54. The summed E-state index contributed by atoms with van der Waals surface area (Å²) in [6, 6.07) is 4.74. The van der Waals surface area contributed by atoms with Gasteiger partial charge in [0.1, 0.15) is 5.75 Å². The molecular formula is C12H8F4O3. The lowest BCUT2D eigenvalue weighted by Gasteiger charge is -2.16. The highest BCUT2D eigenvalue weighted by Gasteiger charge is 2.43.